The zero-order chi connectivity index (χ0) is 20.2. The van der Waals surface area contributed by atoms with Crippen LogP contribution >= 0.6 is 24.0 Å². The first-order valence-corrected chi connectivity index (χ1v) is 11.2. The average Bonchev–Trinajstić information content (AvgIpc) is 2.71. The Kier molecular flexibility index (Phi) is 12.6. The van der Waals surface area contributed by atoms with Crippen LogP contribution in [0.25, 0.3) is 0 Å². The molecule has 3 N–H and O–H groups in total. The van der Waals surface area contributed by atoms with Crippen molar-refractivity contribution in [1.82, 2.24) is 25.2 Å². The van der Waals surface area contributed by atoms with Gasteiger partial charge in [0, 0.05) is 58.3 Å². The maximum Gasteiger partial charge on any atom is 0.242 e. The van der Waals surface area contributed by atoms with Crippen LogP contribution in [-0.4, -0.2) is 83.3 Å². The summed E-state index contributed by atoms with van der Waals surface area (Å²) in [6.45, 7) is 7.13. The number of aliphatic imine (C=N–C) groups is 1. The van der Waals surface area contributed by atoms with Gasteiger partial charge in [0.1, 0.15) is 4.90 Å². The van der Waals surface area contributed by atoms with Crippen LogP contribution in [0.5, 0.6) is 0 Å². The Hall–Kier alpha value is -1.02. The smallest absolute Gasteiger partial charge is 0.242 e. The van der Waals surface area contributed by atoms with Crippen LogP contribution in [0.4, 0.5) is 0 Å². The van der Waals surface area contributed by atoms with Gasteiger partial charge in [-0.2, -0.15) is 0 Å². The van der Waals surface area contributed by atoms with Gasteiger partial charge in [0.05, 0.1) is 13.2 Å². The van der Waals surface area contributed by atoms with Crippen molar-refractivity contribution in [2.75, 3.05) is 53.0 Å². The van der Waals surface area contributed by atoms with E-state index in [-0.39, 0.29) is 35.4 Å². The van der Waals surface area contributed by atoms with E-state index in [2.05, 4.69) is 30.2 Å². The summed E-state index contributed by atoms with van der Waals surface area (Å²) < 4.78 is 32.1. The molecule has 0 bridgehead atoms. The van der Waals surface area contributed by atoms with Crippen LogP contribution in [-0.2, 0) is 14.8 Å². The molecule has 11 heteroatoms. The monoisotopic (exact) mass is 540 g/mol. The van der Waals surface area contributed by atoms with Crippen LogP contribution < -0.4 is 15.4 Å². The van der Waals surface area contributed by atoms with E-state index < -0.39 is 10.0 Å². The van der Waals surface area contributed by atoms with Crippen LogP contribution in [0.1, 0.15) is 19.8 Å². The predicted molar refractivity (Wildman–Crippen MR) is 125 cm³/mol. The van der Waals surface area contributed by atoms with Gasteiger partial charge in [-0.15, -0.1) is 24.0 Å². The summed E-state index contributed by atoms with van der Waals surface area (Å²) in [5.74, 6) is 0.721. The molecule has 2 rings (SSSR count). The second kappa shape index (κ2) is 14.1. The topological polar surface area (TPSA) is 108 Å². The zero-order valence-electron chi connectivity index (χ0n) is 17.1. The van der Waals surface area contributed by atoms with Gasteiger partial charge in [0.2, 0.25) is 10.0 Å². The van der Waals surface area contributed by atoms with Crippen molar-refractivity contribution in [3.8, 4) is 0 Å². The fourth-order valence-corrected chi connectivity index (χ4v) is 3.96. The molecule has 2 heterocycles. The lowest BCUT2D eigenvalue weighted by molar-refractivity contribution is 0.128. The number of ether oxygens (including phenoxy) is 1. The molecule has 0 aliphatic carbocycles. The van der Waals surface area contributed by atoms with Gasteiger partial charge in [-0.25, -0.2) is 13.1 Å². The van der Waals surface area contributed by atoms with Crippen LogP contribution in [0.2, 0.25) is 0 Å². The Morgan fingerprint density at radius 2 is 2.14 bits per heavy atom. The molecule has 0 atom stereocenters. The SMILES string of the molecule is CCNC(=NCCNS(=O)(=O)c1cccnc1)NC1CCN(CCOC)CC1.I. The number of nitrogens with zero attached hydrogens (tertiary/aromatic N) is 3. The summed E-state index contributed by atoms with van der Waals surface area (Å²) >= 11 is 0. The number of nitrogens with one attached hydrogen (secondary N) is 3. The molecule has 0 spiro atoms. The van der Waals surface area contributed by atoms with Crippen molar-refractivity contribution in [2.24, 2.45) is 4.99 Å². The van der Waals surface area contributed by atoms with Gasteiger partial charge < -0.3 is 20.3 Å². The van der Waals surface area contributed by atoms with Gasteiger partial charge in [-0.3, -0.25) is 9.98 Å². The van der Waals surface area contributed by atoms with E-state index >= 15 is 0 Å². The first-order valence-electron chi connectivity index (χ1n) is 9.71. The van der Waals surface area contributed by atoms with Gasteiger partial charge in [0.15, 0.2) is 5.96 Å². The fraction of sp³-hybridized carbons (Fsp3) is 0.667. The molecule has 1 aromatic rings. The van der Waals surface area contributed by atoms with E-state index in [0.29, 0.717) is 12.6 Å². The number of pyridine rings is 1. The normalized spacial score (nSPS) is 16.3. The van der Waals surface area contributed by atoms with Gasteiger partial charge in [-0.1, -0.05) is 0 Å². The van der Waals surface area contributed by atoms with Crippen molar-refractivity contribution in [1.29, 1.82) is 0 Å². The number of hydrogen-bond acceptors (Lipinski definition) is 6. The van der Waals surface area contributed by atoms with Crippen LogP contribution in [0, 0.1) is 0 Å². The number of piperidine rings is 1. The van der Waals surface area contributed by atoms with E-state index in [4.69, 9.17) is 4.74 Å². The summed E-state index contributed by atoms with van der Waals surface area (Å²) in [6, 6.07) is 3.48. The average molecular weight is 540 g/mol. The Bertz CT molecular complexity index is 697. The molecule has 29 heavy (non-hydrogen) atoms. The summed E-state index contributed by atoms with van der Waals surface area (Å²) in [6.07, 6.45) is 4.96. The Morgan fingerprint density at radius 3 is 2.76 bits per heavy atom. The highest BCUT2D eigenvalue weighted by Crippen LogP contribution is 2.10. The highest BCUT2D eigenvalue weighted by Gasteiger charge is 2.19. The zero-order valence-corrected chi connectivity index (χ0v) is 20.3. The first-order chi connectivity index (χ1) is 13.5. The molecule has 166 valence electrons. The number of sulfonamides is 1. The highest BCUT2D eigenvalue weighted by molar-refractivity contribution is 14.0. The summed E-state index contributed by atoms with van der Waals surface area (Å²) in [4.78, 5) is 10.9. The Labute approximate surface area is 191 Å². The summed E-state index contributed by atoms with van der Waals surface area (Å²) in [5.41, 5.74) is 0. The summed E-state index contributed by atoms with van der Waals surface area (Å²) in [7, 11) is -1.82. The van der Waals surface area contributed by atoms with Gasteiger partial charge >= 0.3 is 0 Å². The second-order valence-electron chi connectivity index (χ2n) is 6.60. The van der Waals surface area contributed by atoms with Crippen LogP contribution in [0.3, 0.4) is 0 Å². The Balaban J connectivity index is 0.00000420. The minimum absolute atomic E-state index is 0. The number of likely N-dealkylation sites (tertiary alicyclic amines) is 1. The lowest BCUT2D eigenvalue weighted by atomic mass is 10.1. The van der Waals surface area contributed by atoms with Crippen molar-refractivity contribution < 1.29 is 13.2 Å². The predicted octanol–water partition coefficient (Wildman–Crippen LogP) is 0.644. The number of guanidine groups is 1. The summed E-state index contributed by atoms with van der Waals surface area (Å²) in [5, 5.41) is 6.68. The maximum atomic E-state index is 12.2. The van der Waals surface area contributed by atoms with E-state index in [1.807, 2.05) is 6.92 Å². The number of methoxy groups -OCH3 is 1. The molecule has 0 aromatic carbocycles. The molecule has 0 saturated carbocycles. The van der Waals surface area contributed by atoms with E-state index in [9.17, 15) is 8.42 Å². The van der Waals surface area contributed by atoms with Crippen molar-refractivity contribution in [3.05, 3.63) is 24.5 Å². The molecule has 0 amide bonds. The molecule has 1 fully saturated rings. The molecular weight excluding hydrogens is 507 g/mol. The first kappa shape index (κ1) is 26.0. The molecule has 0 radical (unpaired) electrons. The second-order valence-corrected chi connectivity index (χ2v) is 8.37. The number of aromatic nitrogens is 1. The molecular formula is C18H33IN6O3S. The minimum Gasteiger partial charge on any atom is -0.383 e. The molecule has 0 unspecified atom stereocenters. The molecule has 1 aliphatic rings. The van der Waals surface area contributed by atoms with E-state index in [1.54, 1.807) is 19.4 Å². The van der Waals surface area contributed by atoms with Crippen molar-refractivity contribution in [2.45, 2.75) is 30.7 Å². The Morgan fingerprint density at radius 1 is 1.38 bits per heavy atom. The maximum absolute atomic E-state index is 12.2. The third-order valence-corrected chi connectivity index (χ3v) is 5.95. The van der Waals surface area contributed by atoms with Crippen LogP contribution in [0.15, 0.2) is 34.4 Å². The number of hydrogen-bond donors (Lipinski definition) is 3. The lowest BCUT2D eigenvalue weighted by Crippen LogP contribution is -2.49. The molecule has 9 nitrogen and oxygen atoms in total. The number of halogens is 1. The van der Waals surface area contributed by atoms with E-state index in [0.717, 1.165) is 51.6 Å². The molecule has 1 saturated heterocycles. The quantitative estimate of drug-likeness (QED) is 0.173. The van der Waals surface area contributed by atoms with E-state index in [1.165, 1.54) is 12.3 Å². The minimum atomic E-state index is -3.55. The van der Waals surface area contributed by atoms with Crippen molar-refractivity contribution >= 4 is 40.0 Å². The lowest BCUT2D eigenvalue weighted by Gasteiger charge is -2.32. The van der Waals surface area contributed by atoms with Crippen molar-refractivity contribution in [3.63, 3.8) is 0 Å². The van der Waals surface area contributed by atoms with Gasteiger partial charge in [0.25, 0.3) is 0 Å². The third-order valence-electron chi connectivity index (χ3n) is 4.50. The van der Waals surface area contributed by atoms with Gasteiger partial charge in [-0.05, 0) is 31.9 Å². The molecule has 1 aliphatic heterocycles. The standard InChI is InChI=1S/C18H32N6O3S.HI/c1-3-20-18(23-16-6-11-24(12-7-16)13-14-27-2)21-9-10-22-28(25,26)17-5-4-8-19-15-17;/h4-5,8,15-16,22H,3,6-7,9-14H2,1-2H3,(H2,20,21,23);1H. The molecule has 1 aromatic heterocycles. The third kappa shape index (κ3) is 9.55. The number of rotatable bonds is 10. The largest absolute Gasteiger partial charge is 0.383 e. The fourth-order valence-electron chi connectivity index (χ4n) is 2.97. The highest BCUT2D eigenvalue weighted by atomic mass is 127.